The Morgan fingerprint density at radius 3 is 2.22 bits per heavy atom. The average Bonchev–Trinajstić information content (AvgIpc) is 2.90. The molecular weight excluding hydrogens is 544 g/mol. The lowest BCUT2D eigenvalue weighted by molar-refractivity contribution is -0.148. The molecule has 0 saturated heterocycles. The fraction of sp³-hybridized carbons (Fsp3) is 0.423. The fourth-order valence-electron chi connectivity index (χ4n) is 5.14. The smallest absolute Gasteiger partial charge is 0.349 e. The van der Waals surface area contributed by atoms with Crippen molar-refractivity contribution in [3.63, 3.8) is 0 Å². The van der Waals surface area contributed by atoms with Crippen LogP contribution < -0.4 is 26.5 Å². The van der Waals surface area contributed by atoms with Crippen molar-refractivity contribution in [1.29, 1.82) is 0 Å². The summed E-state index contributed by atoms with van der Waals surface area (Å²) >= 11 is 0. The molecule has 1 aromatic carbocycles. The Morgan fingerprint density at radius 2 is 1.56 bits per heavy atom. The van der Waals surface area contributed by atoms with Gasteiger partial charge in [-0.25, -0.2) is 9.59 Å². The quantitative estimate of drug-likeness (QED) is 0.182. The Bertz CT molecular complexity index is 1500. The lowest BCUT2D eigenvalue weighted by atomic mass is 9.90. The molecule has 2 aromatic rings. The first kappa shape index (κ1) is 29.0. The van der Waals surface area contributed by atoms with Crippen molar-refractivity contribution in [3.8, 4) is 0 Å². The van der Waals surface area contributed by atoms with E-state index in [0.717, 1.165) is 55.6 Å². The van der Waals surface area contributed by atoms with Crippen LogP contribution in [-0.2, 0) is 36.8 Å². The molecule has 15 heteroatoms. The predicted molar refractivity (Wildman–Crippen MR) is 140 cm³/mol. The molecule has 1 aromatic heterocycles. The number of fused-ring (bicyclic) bond motifs is 2. The zero-order valence-electron chi connectivity index (χ0n) is 21.7. The second kappa shape index (κ2) is 12.1. The molecule has 0 aliphatic carbocycles. The molecule has 218 valence electrons. The van der Waals surface area contributed by atoms with Crippen LogP contribution in [0.2, 0.25) is 0 Å². The van der Waals surface area contributed by atoms with E-state index in [1.165, 1.54) is 6.07 Å². The fourth-order valence-corrected chi connectivity index (χ4v) is 5.14. The second-order valence-corrected chi connectivity index (χ2v) is 9.82. The third kappa shape index (κ3) is 6.62. The summed E-state index contributed by atoms with van der Waals surface area (Å²) < 4.78 is 5.56. The molecule has 0 spiro atoms. The maximum Gasteiger partial charge on any atom is 0.349 e. The number of aryl methyl sites for hydroxylation is 2. The van der Waals surface area contributed by atoms with Crippen LogP contribution in [0.5, 0.6) is 0 Å². The summed E-state index contributed by atoms with van der Waals surface area (Å²) in [4.78, 5) is 85.9. The standard InChI is InChI=1S/C26H28N4O11/c31-18(28-16(9-19(32)33)24(37)29-17(25(38)39)10-20(34)35)11-27-23(36)15-8-13-7-12-3-1-5-30-6-2-4-14(21(12)30)22(13)41-26(15)40/h7-8,16-17H,1-6,9-11H2,(H,27,36)(H,28,31)(H,29,37)(H,32,33)(H,34,35)(H,38,39)/t16-,17-/m0/s1. The third-order valence-electron chi connectivity index (χ3n) is 6.89. The van der Waals surface area contributed by atoms with E-state index in [9.17, 15) is 33.6 Å². The van der Waals surface area contributed by atoms with E-state index in [4.69, 9.17) is 19.7 Å². The minimum atomic E-state index is -1.87. The van der Waals surface area contributed by atoms with Gasteiger partial charge >= 0.3 is 23.5 Å². The number of carboxylic acids is 3. The van der Waals surface area contributed by atoms with Crippen LogP contribution in [0.1, 0.15) is 47.2 Å². The maximum atomic E-state index is 12.8. The van der Waals surface area contributed by atoms with E-state index < -0.39 is 72.7 Å². The number of aliphatic carboxylic acids is 3. The van der Waals surface area contributed by atoms with Crippen molar-refractivity contribution < 1.29 is 48.5 Å². The van der Waals surface area contributed by atoms with E-state index in [1.807, 2.05) is 11.4 Å². The highest BCUT2D eigenvalue weighted by atomic mass is 16.4. The van der Waals surface area contributed by atoms with Gasteiger partial charge in [0.15, 0.2) is 0 Å². The summed E-state index contributed by atoms with van der Waals surface area (Å²) in [5.41, 5.74) is 2.29. The number of anilines is 1. The van der Waals surface area contributed by atoms with Crippen LogP contribution in [0.15, 0.2) is 21.3 Å². The van der Waals surface area contributed by atoms with Crippen molar-refractivity contribution in [3.05, 3.63) is 39.2 Å². The molecule has 4 rings (SSSR count). The minimum Gasteiger partial charge on any atom is -0.481 e. The SMILES string of the molecule is O=C(O)C[C@H](NC(=O)[C@H](CC(=O)O)NC(=O)CNC(=O)c1cc2cc3c4c(c2oc1=O)CCCN4CCC3)C(=O)O. The molecule has 2 aliphatic heterocycles. The molecular formula is C26H28N4O11. The van der Waals surface area contributed by atoms with Crippen molar-refractivity contribution in [2.75, 3.05) is 24.5 Å². The number of rotatable bonds is 11. The number of amides is 3. The van der Waals surface area contributed by atoms with Gasteiger partial charge in [0.05, 0.1) is 19.4 Å². The second-order valence-electron chi connectivity index (χ2n) is 9.82. The van der Waals surface area contributed by atoms with Crippen LogP contribution in [0.25, 0.3) is 11.0 Å². The van der Waals surface area contributed by atoms with Gasteiger partial charge in [-0.3, -0.25) is 24.0 Å². The van der Waals surface area contributed by atoms with E-state index in [1.54, 1.807) is 0 Å². The molecule has 41 heavy (non-hydrogen) atoms. The number of hydrogen-bond acceptors (Lipinski definition) is 9. The highest BCUT2D eigenvalue weighted by molar-refractivity contribution is 6.00. The average molecular weight is 573 g/mol. The highest BCUT2D eigenvalue weighted by Crippen LogP contribution is 2.39. The molecule has 0 radical (unpaired) electrons. The zero-order chi connectivity index (χ0) is 29.8. The van der Waals surface area contributed by atoms with E-state index >= 15 is 0 Å². The van der Waals surface area contributed by atoms with Gasteiger partial charge in [-0.2, -0.15) is 0 Å². The van der Waals surface area contributed by atoms with Crippen molar-refractivity contribution in [1.82, 2.24) is 16.0 Å². The lowest BCUT2D eigenvalue weighted by Gasteiger charge is -2.37. The summed E-state index contributed by atoms with van der Waals surface area (Å²) in [6.07, 6.45) is 1.54. The Morgan fingerprint density at radius 1 is 0.902 bits per heavy atom. The zero-order valence-corrected chi connectivity index (χ0v) is 21.7. The van der Waals surface area contributed by atoms with E-state index in [0.29, 0.717) is 11.0 Å². The molecule has 3 heterocycles. The van der Waals surface area contributed by atoms with Gasteiger partial charge < -0.3 is 40.6 Å². The van der Waals surface area contributed by atoms with Crippen LogP contribution in [0, 0.1) is 0 Å². The summed E-state index contributed by atoms with van der Waals surface area (Å²) in [5, 5.41) is 33.7. The van der Waals surface area contributed by atoms with Crippen molar-refractivity contribution >= 4 is 52.3 Å². The van der Waals surface area contributed by atoms with Gasteiger partial charge in [0.25, 0.3) is 5.91 Å². The lowest BCUT2D eigenvalue weighted by Crippen LogP contribution is -2.54. The van der Waals surface area contributed by atoms with Crippen LogP contribution in [0.3, 0.4) is 0 Å². The Labute approximate surface area is 231 Å². The summed E-state index contributed by atoms with van der Waals surface area (Å²) in [5.74, 6) is -7.92. The number of nitrogens with zero attached hydrogens (tertiary/aromatic N) is 1. The van der Waals surface area contributed by atoms with Crippen molar-refractivity contribution in [2.45, 2.75) is 50.6 Å². The monoisotopic (exact) mass is 572 g/mol. The molecule has 0 fully saturated rings. The highest BCUT2D eigenvalue weighted by Gasteiger charge is 2.30. The van der Waals surface area contributed by atoms with Gasteiger partial charge in [0, 0.05) is 29.7 Å². The predicted octanol–water partition coefficient (Wildman–Crippen LogP) is -0.775. The first-order valence-corrected chi connectivity index (χ1v) is 12.9. The van der Waals surface area contributed by atoms with Crippen LogP contribution >= 0.6 is 0 Å². The van der Waals surface area contributed by atoms with Gasteiger partial charge in [0.2, 0.25) is 11.8 Å². The molecule has 0 unspecified atom stereocenters. The summed E-state index contributed by atoms with van der Waals surface area (Å²) in [7, 11) is 0. The number of nitrogens with one attached hydrogen (secondary N) is 3. The number of hydrogen-bond donors (Lipinski definition) is 6. The Hall–Kier alpha value is -4.95. The largest absolute Gasteiger partial charge is 0.481 e. The normalized spacial score (nSPS) is 15.3. The van der Waals surface area contributed by atoms with E-state index in [-0.39, 0.29) is 5.56 Å². The number of carbonyl (C=O) groups is 6. The molecule has 15 nitrogen and oxygen atoms in total. The Balaban J connectivity index is 1.45. The van der Waals surface area contributed by atoms with Gasteiger partial charge in [-0.05, 0) is 43.4 Å². The number of carboxylic acid groups (broad SMARTS) is 3. The summed E-state index contributed by atoms with van der Waals surface area (Å²) in [6.45, 7) is 1.09. The van der Waals surface area contributed by atoms with Crippen LogP contribution in [-0.4, -0.2) is 82.7 Å². The third-order valence-corrected chi connectivity index (χ3v) is 6.89. The van der Waals surface area contributed by atoms with Gasteiger partial charge in [0.1, 0.15) is 23.2 Å². The first-order chi connectivity index (χ1) is 19.4. The Kier molecular flexibility index (Phi) is 8.54. The molecule has 3 amide bonds. The molecule has 0 bridgehead atoms. The van der Waals surface area contributed by atoms with Crippen LogP contribution in [0.4, 0.5) is 5.69 Å². The topological polar surface area (TPSA) is 233 Å². The summed E-state index contributed by atoms with van der Waals surface area (Å²) in [6, 6.07) is -0.361. The number of benzene rings is 1. The van der Waals surface area contributed by atoms with Crippen molar-refractivity contribution in [2.24, 2.45) is 0 Å². The molecule has 0 saturated carbocycles. The van der Waals surface area contributed by atoms with Gasteiger partial charge in [-0.1, -0.05) is 0 Å². The molecule has 6 N–H and O–H groups in total. The van der Waals surface area contributed by atoms with E-state index in [2.05, 4.69) is 15.5 Å². The first-order valence-electron chi connectivity index (χ1n) is 12.9. The maximum absolute atomic E-state index is 12.8. The number of carbonyl (C=O) groups excluding carboxylic acids is 3. The minimum absolute atomic E-state index is 0.348. The molecule has 2 aliphatic rings. The van der Waals surface area contributed by atoms with Gasteiger partial charge in [-0.15, -0.1) is 0 Å². The molecule has 2 atom stereocenters.